The summed E-state index contributed by atoms with van der Waals surface area (Å²) in [6.07, 6.45) is 0. The third-order valence-electron chi connectivity index (χ3n) is 3.05. The second-order valence-corrected chi connectivity index (χ2v) is 10.5. The standard InChI is InChI=1S/2C8H20O3Si/c2*1-5-9-12(8-4,10-6-2)11-7-3/h2*5-8H2,1-4H3. The predicted molar refractivity (Wildman–Crippen MR) is 102 cm³/mol. The normalized spacial score (nSPS) is 12.0. The molecule has 0 atom stereocenters. The van der Waals surface area contributed by atoms with E-state index in [0.717, 1.165) is 12.1 Å². The molecule has 0 aromatic carbocycles. The van der Waals surface area contributed by atoms with E-state index in [9.17, 15) is 0 Å². The van der Waals surface area contributed by atoms with Crippen LogP contribution in [0, 0.1) is 0 Å². The molecule has 24 heavy (non-hydrogen) atoms. The Balaban J connectivity index is 0. The first-order chi connectivity index (χ1) is 11.5. The van der Waals surface area contributed by atoms with Crippen molar-refractivity contribution in [3.8, 4) is 0 Å². The highest BCUT2D eigenvalue weighted by atomic mass is 28.4. The van der Waals surface area contributed by atoms with Gasteiger partial charge in [0.2, 0.25) is 0 Å². The van der Waals surface area contributed by atoms with Gasteiger partial charge in [-0.15, -0.1) is 0 Å². The van der Waals surface area contributed by atoms with Crippen LogP contribution in [0.4, 0.5) is 0 Å². The number of rotatable bonds is 14. The van der Waals surface area contributed by atoms with Crippen molar-refractivity contribution in [3.63, 3.8) is 0 Å². The summed E-state index contributed by atoms with van der Waals surface area (Å²) in [5.41, 5.74) is 0. The highest BCUT2D eigenvalue weighted by Gasteiger charge is 2.38. The first kappa shape index (κ1) is 26.4. The molecule has 0 saturated carbocycles. The molecule has 0 bridgehead atoms. The number of hydrogen-bond donors (Lipinski definition) is 0. The van der Waals surface area contributed by atoms with Crippen LogP contribution in [-0.2, 0) is 26.6 Å². The summed E-state index contributed by atoms with van der Waals surface area (Å²) in [7, 11) is -4.54. The Bertz CT molecular complexity index is 209. The van der Waals surface area contributed by atoms with Gasteiger partial charge in [0.05, 0.1) is 0 Å². The van der Waals surface area contributed by atoms with Crippen LogP contribution in [0.25, 0.3) is 0 Å². The van der Waals surface area contributed by atoms with Gasteiger partial charge in [0, 0.05) is 51.7 Å². The van der Waals surface area contributed by atoms with Crippen molar-refractivity contribution >= 4 is 17.6 Å². The monoisotopic (exact) mass is 384 g/mol. The molecule has 0 aromatic rings. The molecule has 0 aliphatic rings. The molecule has 0 rings (SSSR count). The third-order valence-corrected chi connectivity index (χ3v) is 9.15. The van der Waals surface area contributed by atoms with E-state index in [0.29, 0.717) is 39.6 Å². The highest BCUT2D eigenvalue weighted by molar-refractivity contribution is 6.60. The largest absolute Gasteiger partial charge is 0.500 e. The average Bonchev–Trinajstić information content (AvgIpc) is 2.56. The summed E-state index contributed by atoms with van der Waals surface area (Å²) in [5, 5.41) is 0. The van der Waals surface area contributed by atoms with Crippen LogP contribution < -0.4 is 0 Å². The lowest BCUT2D eigenvalue weighted by Crippen LogP contribution is -2.45. The maximum atomic E-state index is 5.55. The average molecular weight is 385 g/mol. The van der Waals surface area contributed by atoms with E-state index >= 15 is 0 Å². The van der Waals surface area contributed by atoms with Crippen LogP contribution in [0.1, 0.15) is 55.4 Å². The molecule has 6 nitrogen and oxygen atoms in total. The topological polar surface area (TPSA) is 55.4 Å². The molecular weight excluding hydrogens is 344 g/mol. The van der Waals surface area contributed by atoms with Gasteiger partial charge >= 0.3 is 17.6 Å². The van der Waals surface area contributed by atoms with Crippen molar-refractivity contribution in [1.29, 1.82) is 0 Å². The van der Waals surface area contributed by atoms with E-state index in [4.69, 9.17) is 26.6 Å². The lowest BCUT2D eigenvalue weighted by atomic mass is 10.9. The zero-order valence-electron chi connectivity index (χ0n) is 17.1. The van der Waals surface area contributed by atoms with E-state index < -0.39 is 17.6 Å². The first-order valence-corrected chi connectivity index (χ1v) is 13.2. The highest BCUT2D eigenvalue weighted by Crippen LogP contribution is 2.15. The zero-order valence-corrected chi connectivity index (χ0v) is 19.1. The van der Waals surface area contributed by atoms with E-state index in [1.807, 2.05) is 55.4 Å². The smallest absolute Gasteiger partial charge is 0.374 e. The van der Waals surface area contributed by atoms with E-state index in [1.54, 1.807) is 0 Å². The van der Waals surface area contributed by atoms with Gasteiger partial charge in [0.15, 0.2) is 0 Å². The molecule has 0 heterocycles. The lowest BCUT2D eigenvalue weighted by molar-refractivity contribution is 0.0718. The van der Waals surface area contributed by atoms with Gasteiger partial charge in [-0.25, -0.2) is 0 Å². The van der Waals surface area contributed by atoms with Gasteiger partial charge in [-0.1, -0.05) is 13.8 Å². The van der Waals surface area contributed by atoms with Crippen LogP contribution in [0.15, 0.2) is 0 Å². The Kier molecular flexibility index (Phi) is 18.3. The molecule has 0 fully saturated rings. The molecule has 0 spiro atoms. The fourth-order valence-corrected chi connectivity index (χ4v) is 6.55. The van der Waals surface area contributed by atoms with Gasteiger partial charge in [-0.2, -0.15) is 0 Å². The van der Waals surface area contributed by atoms with Gasteiger partial charge < -0.3 is 26.6 Å². The molecule has 0 aliphatic heterocycles. The maximum Gasteiger partial charge on any atom is 0.500 e. The number of hydrogen-bond acceptors (Lipinski definition) is 6. The van der Waals surface area contributed by atoms with E-state index in [2.05, 4.69) is 0 Å². The van der Waals surface area contributed by atoms with Gasteiger partial charge in [0.1, 0.15) is 0 Å². The second kappa shape index (κ2) is 16.7. The van der Waals surface area contributed by atoms with Gasteiger partial charge in [-0.05, 0) is 41.5 Å². The summed E-state index contributed by atoms with van der Waals surface area (Å²) in [5.74, 6) is 0. The van der Waals surface area contributed by atoms with E-state index in [1.165, 1.54) is 0 Å². The van der Waals surface area contributed by atoms with Crippen molar-refractivity contribution in [2.75, 3.05) is 39.6 Å². The molecule has 0 unspecified atom stereocenters. The Morgan fingerprint density at radius 2 is 0.542 bits per heavy atom. The third kappa shape index (κ3) is 10.9. The zero-order chi connectivity index (χ0) is 18.9. The van der Waals surface area contributed by atoms with E-state index in [-0.39, 0.29) is 0 Å². The molecule has 0 N–H and O–H groups in total. The summed E-state index contributed by atoms with van der Waals surface area (Å²) >= 11 is 0. The quantitative estimate of drug-likeness (QED) is 0.420. The molecule has 0 saturated heterocycles. The van der Waals surface area contributed by atoms with Crippen LogP contribution in [0.5, 0.6) is 0 Å². The summed E-state index contributed by atoms with van der Waals surface area (Å²) in [6.45, 7) is 19.9. The molecule has 148 valence electrons. The molecule has 0 aliphatic carbocycles. The maximum absolute atomic E-state index is 5.55. The van der Waals surface area contributed by atoms with Crippen molar-refractivity contribution in [3.05, 3.63) is 0 Å². The fraction of sp³-hybridized carbons (Fsp3) is 1.00. The molecule has 0 amide bonds. The summed E-state index contributed by atoms with van der Waals surface area (Å²) in [6, 6.07) is 1.70. The first-order valence-electron chi connectivity index (χ1n) is 9.32. The van der Waals surface area contributed by atoms with Gasteiger partial charge in [-0.3, -0.25) is 0 Å². The minimum absolute atomic E-state index is 0.667. The van der Waals surface area contributed by atoms with Crippen molar-refractivity contribution < 1.29 is 26.6 Å². The Morgan fingerprint density at radius 3 is 0.625 bits per heavy atom. The molecule has 0 radical (unpaired) electrons. The van der Waals surface area contributed by atoms with Crippen LogP contribution in [0.2, 0.25) is 12.1 Å². The minimum Gasteiger partial charge on any atom is -0.374 e. The van der Waals surface area contributed by atoms with Crippen molar-refractivity contribution in [2.24, 2.45) is 0 Å². The lowest BCUT2D eigenvalue weighted by Gasteiger charge is -2.26. The minimum atomic E-state index is -2.27. The van der Waals surface area contributed by atoms with Crippen molar-refractivity contribution in [2.45, 2.75) is 67.5 Å². The Hall–Kier alpha value is 0.194. The summed E-state index contributed by atoms with van der Waals surface area (Å²) < 4.78 is 33.3. The predicted octanol–water partition coefficient (Wildman–Crippen LogP) is 4.11. The second-order valence-electron chi connectivity index (χ2n) is 4.67. The molecule has 8 heteroatoms. The van der Waals surface area contributed by atoms with Crippen LogP contribution in [0.3, 0.4) is 0 Å². The molecular formula is C16H40O6Si2. The van der Waals surface area contributed by atoms with Crippen molar-refractivity contribution in [1.82, 2.24) is 0 Å². The Morgan fingerprint density at radius 1 is 0.375 bits per heavy atom. The van der Waals surface area contributed by atoms with Crippen LogP contribution >= 0.6 is 0 Å². The molecule has 0 aromatic heterocycles. The Labute approximate surface area is 151 Å². The van der Waals surface area contributed by atoms with Gasteiger partial charge in [0.25, 0.3) is 0 Å². The SMILES string of the molecule is CCO[Si](CC)(OCC)OCC.CCO[Si](CC)(OCC)OCC. The summed E-state index contributed by atoms with van der Waals surface area (Å²) in [4.78, 5) is 0. The van der Waals surface area contributed by atoms with Crippen LogP contribution in [-0.4, -0.2) is 57.3 Å². The fourth-order valence-electron chi connectivity index (χ4n) is 2.18.